The van der Waals surface area contributed by atoms with Crippen molar-refractivity contribution in [3.05, 3.63) is 59.7 Å². The van der Waals surface area contributed by atoms with Gasteiger partial charge in [0.15, 0.2) is 0 Å². The molecule has 0 spiro atoms. The van der Waals surface area contributed by atoms with Gasteiger partial charge in [-0.05, 0) is 57.2 Å². The van der Waals surface area contributed by atoms with Gasteiger partial charge in [-0.15, -0.1) is 0 Å². The van der Waals surface area contributed by atoms with Crippen LogP contribution in [0.1, 0.15) is 41.5 Å². The second kappa shape index (κ2) is 9.03. The molecule has 148 valence electrons. The minimum Gasteiger partial charge on any atom is -0.497 e. The van der Waals surface area contributed by atoms with Crippen LogP contribution < -0.4 is 20.7 Å². The predicted octanol–water partition coefficient (Wildman–Crippen LogP) is 2.59. The molecular formula is C21H25N3O4. The quantitative estimate of drug-likeness (QED) is 0.714. The van der Waals surface area contributed by atoms with Gasteiger partial charge in [0, 0.05) is 11.1 Å². The van der Waals surface area contributed by atoms with Crippen LogP contribution in [-0.4, -0.2) is 36.9 Å². The molecule has 2 rings (SSSR count). The first-order valence-electron chi connectivity index (χ1n) is 8.83. The number of methoxy groups -OCH3 is 1. The molecule has 0 aromatic heterocycles. The zero-order valence-electron chi connectivity index (χ0n) is 16.5. The lowest BCUT2D eigenvalue weighted by molar-refractivity contribution is -0.121. The standard InChI is InChI=1S/C21H25N3O4/c1-21(2,3)24-18(25)13-22-20(27)16-7-5-6-8-17(16)23-19(26)14-9-11-15(28-4)12-10-14/h5-12H,13H2,1-4H3,(H,22,27)(H,23,26)(H,24,25). The summed E-state index contributed by atoms with van der Waals surface area (Å²) in [5.74, 6) is -0.450. The van der Waals surface area contributed by atoms with Gasteiger partial charge < -0.3 is 20.7 Å². The maximum Gasteiger partial charge on any atom is 0.255 e. The summed E-state index contributed by atoms with van der Waals surface area (Å²) in [6, 6.07) is 13.2. The summed E-state index contributed by atoms with van der Waals surface area (Å²) in [5, 5.41) is 8.07. The van der Waals surface area contributed by atoms with Gasteiger partial charge in [-0.1, -0.05) is 12.1 Å². The monoisotopic (exact) mass is 383 g/mol. The van der Waals surface area contributed by atoms with E-state index in [-0.39, 0.29) is 29.5 Å². The second-order valence-electron chi connectivity index (χ2n) is 7.21. The maximum atomic E-state index is 12.5. The molecule has 0 aliphatic rings. The molecule has 0 aliphatic carbocycles. The Labute approximate surface area is 164 Å². The number of carbonyl (C=O) groups excluding carboxylic acids is 3. The lowest BCUT2D eigenvalue weighted by Gasteiger charge is -2.20. The predicted molar refractivity (Wildman–Crippen MR) is 108 cm³/mol. The van der Waals surface area contributed by atoms with Gasteiger partial charge >= 0.3 is 0 Å². The summed E-state index contributed by atoms with van der Waals surface area (Å²) in [5.41, 5.74) is 0.678. The molecule has 2 aromatic carbocycles. The van der Waals surface area contributed by atoms with E-state index in [0.717, 1.165) is 0 Å². The number of rotatable bonds is 6. The van der Waals surface area contributed by atoms with E-state index in [9.17, 15) is 14.4 Å². The summed E-state index contributed by atoms with van der Waals surface area (Å²) >= 11 is 0. The van der Waals surface area contributed by atoms with Crippen LogP contribution in [0.15, 0.2) is 48.5 Å². The number of carbonyl (C=O) groups is 3. The van der Waals surface area contributed by atoms with E-state index in [1.54, 1.807) is 55.6 Å². The van der Waals surface area contributed by atoms with Crippen LogP contribution in [-0.2, 0) is 4.79 Å². The van der Waals surface area contributed by atoms with Crippen molar-refractivity contribution < 1.29 is 19.1 Å². The Kier molecular flexibility index (Phi) is 6.76. The lowest BCUT2D eigenvalue weighted by atomic mass is 10.1. The van der Waals surface area contributed by atoms with Crippen molar-refractivity contribution in [2.45, 2.75) is 26.3 Å². The van der Waals surface area contributed by atoms with E-state index in [1.165, 1.54) is 0 Å². The number of benzene rings is 2. The van der Waals surface area contributed by atoms with Gasteiger partial charge in [0.25, 0.3) is 11.8 Å². The molecule has 7 nitrogen and oxygen atoms in total. The summed E-state index contributed by atoms with van der Waals surface area (Å²) in [6.45, 7) is 5.42. The average Bonchev–Trinajstić information content (AvgIpc) is 2.65. The van der Waals surface area contributed by atoms with Gasteiger partial charge in [0.2, 0.25) is 5.91 Å². The van der Waals surface area contributed by atoms with Gasteiger partial charge in [0.1, 0.15) is 5.75 Å². The summed E-state index contributed by atoms with van der Waals surface area (Å²) in [7, 11) is 1.55. The Bertz CT molecular complexity index is 855. The normalized spacial score (nSPS) is 10.7. The number of anilines is 1. The SMILES string of the molecule is COc1ccc(C(=O)Nc2ccccc2C(=O)NCC(=O)NC(C)(C)C)cc1. The Morgan fingerprint density at radius 3 is 2.18 bits per heavy atom. The molecule has 2 aromatic rings. The molecule has 28 heavy (non-hydrogen) atoms. The third-order valence-electron chi connectivity index (χ3n) is 3.70. The van der Waals surface area contributed by atoms with Crippen LogP contribution in [0.3, 0.4) is 0 Å². The summed E-state index contributed by atoms with van der Waals surface area (Å²) in [6.07, 6.45) is 0. The number of nitrogens with one attached hydrogen (secondary N) is 3. The van der Waals surface area contributed by atoms with E-state index >= 15 is 0 Å². The molecule has 3 amide bonds. The molecular weight excluding hydrogens is 358 g/mol. The largest absolute Gasteiger partial charge is 0.497 e. The topological polar surface area (TPSA) is 96.5 Å². The van der Waals surface area contributed by atoms with Gasteiger partial charge in [-0.25, -0.2) is 0 Å². The molecule has 0 heterocycles. The van der Waals surface area contributed by atoms with Crippen molar-refractivity contribution in [1.29, 1.82) is 0 Å². The van der Waals surface area contributed by atoms with Crippen molar-refractivity contribution >= 4 is 23.4 Å². The van der Waals surface area contributed by atoms with Crippen molar-refractivity contribution in [3.63, 3.8) is 0 Å². The number of ether oxygens (including phenoxy) is 1. The molecule has 0 saturated heterocycles. The van der Waals surface area contributed by atoms with Crippen LogP contribution in [0.25, 0.3) is 0 Å². The average molecular weight is 383 g/mol. The van der Waals surface area contributed by atoms with E-state index in [0.29, 0.717) is 17.0 Å². The molecule has 7 heteroatoms. The van der Waals surface area contributed by atoms with Crippen LogP contribution >= 0.6 is 0 Å². The highest BCUT2D eigenvalue weighted by molar-refractivity contribution is 6.09. The highest BCUT2D eigenvalue weighted by Crippen LogP contribution is 2.17. The molecule has 0 saturated carbocycles. The molecule has 0 aliphatic heterocycles. The molecule has 0 atom stereocenters. The fourth-order valence-corrected chi connectivity index (χ4v) is 2.45. The Balaban J connectivity index is 2.06. The fourth-order valence-electron chi connectivity index (χ4n) is 2.45. The van der Waals surface area contributed by atoms with E-state index in [2.05, 4.69) is 16.0 Å². The summed E-state index contributed by atoms with van der Waals surface area (Å²) < 4.78 is 5.08. The fraction of sp³-hybridized carbons (Fsp3) is 0.286. The van der Waals surface area contributed by atoms with Crippen molar-refractivity contribution in [1.82, 2.24) is 10.6 Å². The number of amides is 3. The van der Waals surface area contributed by atoms with Crippen molar-refractivity contribution in [2.24, 2.45) is 0 Å². The smallest absolute Gasteiger partial charge is 0.255 e. The molecule has 0 fully saturated rings. The number of para-hydroxylation sites is 1. The lowest BCUT2D eigenvalue weighted by Crippen LogP contribution is -2.45. The van der Waals surface area contributed by atoms with Gasteiger partial charge in [0.05, 0.1) is 24.9 Å². The highest BCUT2D eigenvalue weighted by atomic mass is 16.5. The maximum absolute atomic E-state index is 12.5. The molecule has 0 radical (unpaired) electrons. The zero-order valence-corrected chi connectivity index (χ0v) is 16.5. The minimum atomic E-state index is -0.449. The summed E-state index contributed by atoms with van der Waals surface area (Å²) in [4.78, 5) is 36.8. The Morgan fingerprint density at radius 1 is 0.929 bits per heavy atom. The molecule has 0 unspecified atom stereocenters. The van der Waals surface area contributed by atoms with E-state index in [1.807, 2.05) is 20.8 Å². The third-order valence-corrected chi connectivity index (χ3v) is 3.70. The Hall–Kier alpha value is -3.35. The van der Waals surface area contributed by atoms with Crippen LogP contribution in [0.5, 0.6) is 5.75 Å². The number of hydrogen-bond donors (Lipinski definition) is 3. The van der Waals surface area contributed by atoms with Crippen molar-refractivity contribution in [2.75, 3.05) is 19.0 Å². The van der Waals surface area contributed by atoms with Crippen LogP contribution in [0, 0.1) is 0 Å². The first-order chi connectivity index (χ1) is 13.2. The van der Waals surface area contributed by atoms with Crippen LogP contribution in [0.2, 0.25) is 0 Å². The first-order valence-corrected chi connectivity index (χ1v) is 8.83. The van der Waals surface area contributed by atoms with E-state index < -0.39 is 5.91 Å². The van der Waals surface area contributed by atoms with Gasteiger partial charge in [-0.2, -0.15) is 0 Å². The number of hydrogen-bond acceptors (Lipinski definition) is 4. The highest BCUT2D eigenvalue weighted by Gasteiger charge is 2.17. The third kappa shape index (κ3) is 6.12. The van der Waals surface area contributed by atoms with E-state index in [4.69, 9.17) is 4.74 Å². The molecule has 3 N–H and O–H groups in total. The van der Waals surface area contributed by atoms with Crippen molar-refractivity contribution in [3.8, 4) is 5.75 Å². The first kappa shape index (κ1) is 21.0. The minimum absolute atomic E-state index is 0.156. The Morgan fingerprint density at radius 2 is 1.57 bits per heavy atom. The zero-order chi connectivity index (χ0) is 20.7. The van der Waals surface area contributed by atoms with Gasteiger partial charge in [-0.3, -0.25) is 14.4 Å². The van der Waals surface area contributed by atoms with Crippen LogP contribution in [0.4, 0.5) is 5.69 Å². The second-order valence-corrected chi connectivity index (χ2v) is 7.21. The molecule has 0 bridgehead atoms.